The molecular formula is C16H25NO3. The minimum atomic E-state index is -0.490. The van der Waals surface area contributed by atoms with Gasteiger partial charge in [-0.05, 0) is 37.0 Å². The molecule has 2 N–H and O–H groups in total. The fraction of sp³-hybridized carbons (Fsp3) is 0.625. The molecule has 0 aromatic heterocycles. The van der Waals surface area contributed by atoms with E-state index in [1.165, 1.54) is 5.56 Å². The number of aryl methyl sites for hydroxylation is 1. The molecule has 1 atom stereocenters. The maximum Gasteiger partial charge on any atom is 0.119 e. The molecular weight excluding hydrogens is 254 g/mol. The second-order valence-electron chi connectivity index (χ2n) is 5.49. The van der Waals surface area contributed by atoms with Crippen LogP contribution in [0.5, 0.6) is 5.75 Å². The van der Waals surface area contributed by atoms with Crippen LogP contribution in [0.2, 0.25) is 0 Å². The molecule has 0 saturated carbocycles. The SMILES string of the molecule is CCc1ccc(OCC(O)CN2CCC(O)CC2)cc1. The van der Waals surface area contributed by atoms with Gasteiger partial charge in [0.25, 0.3) is 0 Å². The second-order valence-corrected chi connectivity index (χ2v) is 5.49. The van der Waals surface area contributed by atoms with E-state index in [0.29, 0.717) is 13.2 Å². The molecule has 1 aliphatic heterocycles. The molecule has 0 spiro atoms. The zero-order valence-electron chi connectivity index (χ0n) is 12.2. The smallest absolute Gasteiger partial charge is 0.119 e. The molecule has 2 rings (SSSR count). The van der Waals surface area contributed by atoms with Crippen molar-refractivity contribution in [2.45, 2.75) is 38.4 Å². The second kappa shape index (κ2) is 7.62. The lowest BCUT2D eigenvalue weighted by atomic mass is 10.1. The Balaban J connectivity index is 1.70. The molecule has 0 aliphatic carbocycles. The van der Waals surface area contributed by atoms with Crippen LogP contribution in [0, 0.1) is 0 Å². The highest BCUT2D eigenvalue weighted by atomic mass is 16.5. The van der Waals surface area contributed by atoms with Gasteiger partial charge in [-0.15, -0.1) is 0 Å². The summed E-state index contributed by atoms with van der Waals surface area (Å²) in [7, 11) is 0. The number of ether oxygens (including phenoxy) is 1. The summed E-state index contributed by atoms with van der Waals surface area (Å²) >= 11 is 0. The molecule has 1 heterocycles. The standard InChI is InChI=1S/C16H25NO3/c1-2-13-3-5-16(6-4-13)20-12-15(19)11-17-9-7-14(18)8-10-17/h3-6,14-15,18-19H,2,7-12H2,1H3. The van der Waals surface area contributed by atoms with Crippen molar-refractivity contribution in [3.05, 3.63) is 29.8 Å². The summed E-state index contributed by atoms with van der Waals surface area (Å²) < 4.78 is 5.60. The highest BCUT2D eigenvalue weighted by Crippen LogP contribution is 2.14. The predicted octanol–water partition coefficient (Wildman–Crippen LogP) is 1.45. The molecule has 1 aliphatic rings. The molecule has 1 saturated heterocycles. The van der Waals surface area contributed by atoms with Gasteiger partial charge in [-0.25, -0.2) is 0 Å². The third-order valence-corrected chi connectivity index (χ3v) is 3.80. The lowest BCUT2D eigenvalue weighted by Crippen LogP contribution is -2.41. The van der Waals surface area contributed by atoms with Gasteiger partial charge in [0.15, 0.2) is 0 Å². The normalized spacial score (nSPS) is 18.9. The Kier molecular flexibility index (Phi) is 5.83. The summed E-state index contributed by atoms with van der Waals surface area (Å²) in [4.78, 5) is 2.18. The Hall–Kier alpha value is -1.10. The van der Waals surface area contributed by atoms with Crippen LogP contribution in [-0.2, 0) is 6.42 Å². The van der Waals surface area contributed by atoms with Gasteiger partial charge >= 0.3 is 0 Å². The van der Waals surface area contributed by atoms with Crippen LogP contribution in [0.15, 0.2) is 24.3 Å². The Morgan fingerprint density at radius 3 is 2.50 bits per heavy atom. The van der Waals surface area contributed by atoms with Crippen molar-refractivity contribution in [3.63, 3.8) is 0 Å². The van der Waals surface area contributed by atoms with Gasteiger partial charge in [0.1, 0.15) is 18.5 Å². The zero-order valence-corrected chi connectivity index (χ0v) is 12.2. The molecule has 112 valence electrons. The first-order valence-corrected chi connectivity index (χ1v) is 7.47. The highest BCUT2D eigenvalue weighted by molar-refractivity contribution is 5.27. The van der Waals surface area contributed by atoms with E-state index >= 15 is 0 Å². The quantitative estimate of drug-likeness (QED) is 0.827. The molecule has 0 amide bonds. The van der Waals surface area contributed by atoms with Crippen LogP contribution >= 0.6 is 0 Å². The number of likely N-dealkylation sites (tertiary alicyclic amines) is 1. The molecule has 0 bridgehead atoms. The zero-order chi connectivity index (χ0) is 14.4. The number of hydrogen-bond acceptors (Lipinski definition) is 4. The van der Waals surface area contributed by atoms with Gasteiger partial charge in [-0.1, -0.05) is 19.1 Å². The van der Waals surface area contributed by atoms with E-state index in [4.69, 9.17) is 4.74 Å². The van der Waals surface area contributed by atoms with E-state index in [2.05, 4.69) is 11.8 Å². The minimum absolute atomic E-state index is 0.170. The molecule has 1 unspecified atom stereocenters. The van der Waals surface area contributed by atoms with E-state index in [0.717, 1.165) is 38.1 Å². The first-order chi connectivity index (χ1) is 9.67. The topological polar surface area (TPSA) is 52.9 Å². The fourth-order valence-corrected chi connectivity index (χ4v) is 2.47. The molecule has 0 radical (unpaired) electrons. The molecule has 1 aromatic carbocycles. The average molecular weight is 279 g/mol. The van der Waals surface area contributed by atoms with Gasteiger partial charge in [0.2, 0.25) is 0 Å². The molecule has 4 nitrogen and oxygen atoms in total. The number of benzene rings is 1. The van der Waals surface area contributed by atoms with Crippen molar-refractivity contribution in [2.75, 3.05) is 26.2 Å². The summed E-state index contributed by atoms with van der Waals surface area (Å²) in [5, 5.41) is 19.4. The molecule has 1 aromatic rings. The summed E-state index contributed by atoms with van der Waals surface area (Å²) in [5.74, 6) is 0.801. The maximum absolute atomic E-state index is 10.0. The largest absolute Gasteiger partial charge is 0.491 e. The van der Waals surface area contributed by atoms with Crippen LogP contribution in [0.1, 0.15) is 25.3 Å². The van der Waals surface area contributed by atoms with Crippen LogP contribution in [0.3, 0.4) is 0 Å². The van der Waals surface area contributed by atoms with Crippen molar-refractivity contribution in [1.29, 1.82) is 0 Å². The van der Waals surface area contributed by atoms with Crippen LogP contribution in [-0.4, -0.2) is 53.6 Å². The molecule has 4 heteroatoms. The van der Waals surface area contributed by atoms with Gasteiger partial charge in [0.05, 0.1) is 6.10 Å². The maximum atomic E-state index is 10.0. The number of hydrogen-bond donors (Lipinski definition) is 2. The monoisotopic (exact) mass is 279 g/mol. The van der Waals surface area contributed by atoms with Crippen LogP contribution < -0.4 is 4.74 Å². The summed E-state index contributed by atoms with van der Waals surface area (Å²) in [6.07, 6.45) is 1.95. The highest BCUT2D eigenvalue weighted by Gasteiger charge is 2.19. The number of rotatable bonds is 6. The number of piperidine rings is 1. The third kappa shape index (κ3) is 4.78. The number of nitrogens with zero attached hydrogens (tertiary/aromatic N) is 1. The first-order valence-electron chi connectivity index (χ1n) is 7.47. The van der Waals surface area contributed by atoms with Crippen molar-refractivity contribution in [3.8, 4) is 5.75 Å². The Morgan fingerprint density at radius 1 is 1.25 bits per heavy atom. The van der Waals surface area contributed by atoms with Crippen molar-refractivity contribution in [1.82, 2.24) is 4.90 Å². The van der Waals surface area contributed by atoms with Gasteiger partial charge in [0, 0.05) is 19.6 Å². The number of aliphatic hydroxyl groups excluding tert-OH is 2. The van der Waals surface area contributed by atoms with Crippen molar-refractivity contribution < 1.29 is 14.9 Å². The average Bonchev–Trinajstić information content (AvgIpc) is 2.48. The van der Waals surface area contributed by atoms with E-state index in [1.54, 1.807) is 0 Å². The minimum Gasteiger partial charge on any atom is -0.491 e. The van der Waals surface area contributed by atoms with E-state index in [1.807, 2.05) is 24.3 Å². The summed E-state index contributed by atoms with van der Waals surface area (Å²) in [6.45, 7) is 4.74. The van der Waals surface area contributed by atoms with E-state index < -0.39 is 6.10 Å². The van der Waals surface area contributed by atoms with Crippen molar-refractivity contribution >= 4 is 0 Å². The third-order valence-electron chi connectivity index (χ3n) is 3.80. The van der Waals surface area contributed by atoms with E-state index in [9.17, 15) is 10.2 Å². The predicted molar refractivity (Wildman–Crippen MR) is 79.0 cm³/mol. The Morgan fingerprint density at radius 2 is 1.90 bits per heavy atom. The van der Waals surface area contributed by atoms with Crippen LogP contribution in [0.25, 0.3) is 0 Å². The molecule has 1 fully saturated rings. The number of aliphatic hydroxyl groups is 2. The summed E-state index contributed by atoms with van der Waals surface area (Å²) in [5.41, 5.74) is 1.28. The van der Waals surface area contributed by atoms with Gasteiger partial charge in [-0.2, -0.15) is 0 Å². The lowest BCUT2D eigenvalue weighted by Gasteiger charge is -2.30. The van der Waals surface area contributed by atoms with Crippen molar-refractivity contribution in [2.24, 2.45) is 0 Å². The molecule has 20 heavy (non-hydrogen) atoms. The lowest BCUT2D eigenvalue weighted by molar-refractivity contribution is 0.0337. The Bertz CT molecular complexity index is 385. The fourth-order valence-electron chi connectivity index (χ4n) is 2.47. The number of β-amino-alcohol motifs (C(OH)–C–C–N with tert-alkyl or cyclic N) is 1. The summed E-state index contributed by atoms with van der Waals surface area (Å²) in [6, 6.07) is 7.99. The van der Waals surface area contributed by atoms with Crippen LogP contribution in [0.4, 0.5) is 0 Å². The van der Waals surface area contributed by atoms with Gasteiger partial charge < -0.3 is 19.8 Å². The van der Waals surface area contributed by atoms with Gasteiger partial charge in [-0.3, -0.25) is 0 Å². The first kappa shape index (κ1) is 15.3. The van der Waals surface area contributed by atoms with E-state index in [-0.39, 0.29) is 6.10 Å². The Labute approximate surface area is 121 Å².